The summed E-state index contributed by atoms with van der Waals surface area (Å²) < 4.78 is 16.5. The van der Waals surface area contributed by atoms with Crippen molar-refractivity contribution in [2.75, 3.05) is 33.4 Å². The number of hydrogen-bond acceptors (Lipinski definition) is 5. The van der Waals surface area contributed by atoms with E-state index in [-0.39, 0.29) is 12.2 Å². The molecule has 5 nitrogen and oxygen atoms in total. The highest BCUT2D eigenvalue weighted by molar-refractivity contribution is 5.27. The molecular formula is C19H31NO4. The van der Waals surface area contributed by atoms with Crippen molar-refractivity contribution < 1.29 is 19.3 Å². The second kappa shape index (κ2) is 9.99. The Morgan fingerprint density at radius 3 is 2.62 bits per heavy atom. The summed E-state index contributed by atoms with van der Waals surface area (Å²) in [6.45, 7) is 7.37. The van der Waals surface area contributed by atoms with Crippen LogP contribution in [0, 0.1) is 0 Å². The van der Waals surface area contributed by atoms with Crippen LogP contribution in [-0.4, -0.2) is 61.7 Å². The van der Waals surface area contributed by atoms with E-state index < -0.39 is 6.10 Å². The lowest BCUT2D eigenvalue weighted by molar-refractivity contribution is -0.0172. The normalized spacial score (nSPS) is 19.2. The number of benzene rings is 1. The first-order valence-electron chi connectivity index (χ1n) is 8.83. The molecule has 1 aromatic rings. The lowest BCUT2D eigenvalue weighted by atomic mass is 10.1. The van der Waals surface area contributed by atoms with Crippen molar-refractivity contribution >= 4 is 0 Å². The van der Waals surface area contributed by atoms with Gasteiger partial charge in [-0.15, -0.1) is 0 Å². The molecule has 2 atom stereocenters. The number of nitrogens with zero attached hydrogens (tertiary/aromatic N) is 1. The van der Waals surface area contributed by atoms with E-state index in [0.29, 0.717) is 13.2 Å². The Balaban J connectivity index is 1.92. The van der Waals surface area contributed by atoms with Gasteiger partial charge in [0.15, 0.2) is 0 Å². The van der Waals surface area contributed by atoms with Crippen LogP contribution in [0.4, 0.5) is 0 Å². The molecule has 1 heterocycles. The summed E-state index contributed by atoms with van der Waals surface area (Å²) in [5.74, 6) is 0.856. The predicted octanol–water partition coefficient (Wildman–Crippen LogP) is 2.46. The van der Waals surface area contributed by atoms with Crippen molar-refractivity contribution in [1.29, 1.82) is 0 Å². The van der Waals surface area contributed by atoms with Crippen LogP contribution in [0.25, 0.3) is 0 Å². The summed E-state index contributed by atoms with van der Waals surface area (Å²) in [4.78, 5) is 2.26. The molecule has 0 saturated carbocycles. The molecule has 0 radical (unpaired) electrons. The van der Waals surface area contributed by atoms with Crippen LogP contribution in [0.15, 0.2) is 24.3 Å². The Bertz CT molecular complexity index is 457. The van der Waals surface area contributed by atoms with Gasteiger partial charge in [0.05, 0.1) is 32.0 Å². The molecule has 0 amide bonds. The maximum Gasteiger partial charge on any atom is 0.118 e. The molecule has 1 aliphatic rings. The van der Waals surface area contributed by atoms with E-state index in [1.165, 1.54) is 5.56 Å². The summed E-state index contributed by atoms with van der Waals surface area (Å²) >= 11 is 0. The average molecular weight is 337 g/mol. The molecule has 0 bridgehead atoms. The molecule has 2 rings (SSSR count). The van der Waals surface area contributed by atoms with Gasteiger partial charge in [0.1, 0.15) is 5.75 Å². The first kappa shape index (κ1) is 19.2. The fourth-order valence-corrected chi connectivity index (χ4v) is 2.92. The molecule has 1 N–H and O–H groups in total. The van der Waals surface area contributed by atoms with E-state index in [4.69, 9.17) is 14.2 Å². The van der Waals surface area contributed by atoms with Gasteiger partial charge in [-0.1, -0.05) is 12.1 Å². The maximum absolute atomic E-state index is 10.3. The van der Waals surface area contributed by atoms with Crippen molar-refractivity contribution in [3.63, 3.8) is 0 Å². The maximum atomic E-state index is 10.3. The van der Waals surface area contributed by atoms with Crippen molar-refractivity contribution in [3.8, 4) is 5.75 Å². The number of aliphatic hydroxyl groups is 1. The molecule has 5 heteroatoms. The molecule has 2 unspecified atom stereocenters. The quantitative estimate of drug-likeness (QED) is 0.711. The largest absolute Gasteiger partial charge is 0.497 e. The number of ether oxygens (including phenoxy) is 3. The van der Waals surface area contributed by atoms with Crippen LogP contribution in [0.5, 0.6) is 5.75 Å². The number of methoxy groups -OCH3 is 1. The Labute approximate surface area is 145 Å². The van der Waals surface area contributed by atoms with Crippen molar-refractivity contribution in [3.05, 3.63) is 29.8 Å². The molecule has 136 valence electrons. The van der Waals surface area contributed by atoms with Crippen LogP contribution in [0.1, 0.15) is 32.3 Å². The molecule has 24 heavy (non-hydrogen) atoms. The van der Waals surface area contributed by atoms with E-state index in [0.717, 1.165) is 38.3 Å². The first-order valence-corrected chi connectivity index (χ1v) is 8.83. The van der Waals surface area contributed by atoms with E-state index in [9.17, 15) is 5.11 Å². The van der Waals surface area contributed by atoms with Crippen LogP contribution < -0.4 is 4.74 Å². The fraction of sp³-hybridized carbons (Fsp3) is 0.684. The van der Waals surface area contributed by atoms with Gasteiger partial charge in [-0.3, -0.25) is 4.90 Å². The summed E-state index contributed by atoms with van der Waals surface area (Å²) in [7, 11) is 1.67. The Morgan fingerprint density at radius 2 is 2.04 bits per heavy atom. The van der Waals surface area contributed by atoms with Crippen molar-refractivity contribution in [2.24, 2.45) is 0 Å². The lowest BCUT2D eigenvalue weighted by Gasteiger charge is -2.27. The zero-order valence-corrected chi connectivity index (χ0v) is 15.1. The van der Waals surface area contributed by atoms with Gasteiger partial charge in [0.25, 0.3) is 0 Å². The smallest absolute Gasteiger partial charge is 0.118 e. The second-order valence-electron chi connectivity index (χ2n) is 6.71. The predicted molar refractivity (Wildman–Crippen MR) is 94.3 cm³/mol. The van der Waals surface area contributed by atoms with Crippen molar-refractivity contribution in [2.45, 2.75) is 51.5 Å². The number of hydrogen-bond donors (Lipinski definition) is 1. The van der Waals surface area contributed by atoms with Crippen molar-refractivity contribution in [1.82, 2.24) is 4.90 Å². The molecule has 1 aliphatic heterocycles. The highest BCUT2D eigenvalue weighted by atomic mass is 16.5. The third-order valence-corrected chi connectivity index (χ3v) is 4.14. The zero-order chi connectivity index (χ0) is 17.4. The number of rotatable bonds is 10. The monoisotopic (exact) mass is 337 g/mol. The van der Waals surface area contributed by atoms with Crippen LogP contribution in [-0.2, 0) is 16.0 Å². The minimum absolute atomic E-state index is 0.132. The molecule has 1 saturated heterocycles. The van der Waals surface area contributed by atoms with Crippen LogP contribution >= 0.6 is 0 Å². The van der Waals surface area contributed by atoms with E-state index in [1.807, 2.05) is 26.0 Å². The number of aliphatic hydroxyl groups excluding tert-OH is 1. The highest BCUT2D eigenvalue weighted by Gasteiger charge is 2.21. The SMILES string of the molecule is COc1ccc(CN(CC(O)COC(C)C)CC2CCCO2)cc1. The van der Waals surface area contributed by atoms with Gasteiger partial charge in [-0.05, 0) is 44.4 Å². The van der Waals surface area contributed by atoms with E-state index in [1.54, 1.807) is 7.11 Å². The lowest BCUT2D eigenvalue weighted by Crippen LogP contribution is -2.39. The minimum Gasteiger partial charge on any atom is -0.497 e. The van der Waals surface area contributed by atoms with Gasteiger partial charge in [-0.2, -0.15) is 0 Å². The highest BCUT2D eigenvalue weighted by Crippen LogP contribution is 2.17. The Kier molecular flexibility index (Phi) is 7.99. The molecule has 0 spiro atoms. The second-order valence-corrected chi connectivity index (χ2v) is 6.71. The third kappa shape index (κ3) is 6.77. The molecule has 0 aromatic heterocycles. The first-order chi connectivity index (χ1) is 11.6. The van der Waals surface area contributed by atoms with Crippen LogP contribution in [0.2, 0.25) is 0 Å². The molecule has 1 aromatic carbocycles. The fourth-order valence-electron chi connectivity index (χ4n) is 2.92. The Hall–Kier alpha value is -1.14. The summed E-state index contributed by atoms with van der Waals surface area (Å²) in [5.41, 5.74) is 1.20. The topological polar surface area (TPSA) is 51.2 Å². The average Bonchev–Trinajstić information content (AvgIpc) is 3.06. The zero-order valence-electron chi connectivity index (χ0n) is 15.1. The van der Waals surface area contributed by atoms with Gasteiger partial charge >= 0.3 is 0 Å². The molecular weight excluding hydrogens is 306 g/mol. The molecule has 1 fully saturated rings. The minimum atomic E-state index is -0.493. The summed E-state index contributed by atoms with van der Waals surface area (Å²) in [6.07, 6.45) is 2.12. The molecule has 0 aliphatic carbocycles. The Morgan fingerprint density at radius 1 is 1.29 bits per heavy atom. The summed E-state index contributed by atoms with van der Waals surface area (Å²) in [5, 5.41) is 10.3. The van der Waals surface area contributed by atoms with Gasteiger partial charge in [-0.25, -0.2) is 0 Å². The van der Waals surface area contributed by atoms with Gasteiger partial charge in [0.2, 0.25) is 0 Å². The van der Waals surface area contributed by atoms with Gasteiger partial charge < -0.3 is 19.3 Å². The standard InChI is InChI=1S/C19H31NO4/c1-15(2)24-14-17(21)12-20(13-19-5-4-10-23-19)11-16-6-8-18(22-3)9-7-16/h6-9,15,17,19,21H,4-5,10-14H2,1-3H3. The van der Waals surface area contributed by atoms with E-state index in [2.05, 4.69) is 17.0 Å². The third-order valence-electron chi connectivity index (χ3n) is 4.14. The summed E-state index contributed by atoms with van der Waals surface area (Å²) in [6, 6.07) is 8.08. The van der Waals surface area contributed by atoms with Crippen LogP contribution in [0.3, 0.4) is 0 Å². The van der Waals surface area contributed by atoms with Gasteiger partial charge in [0, 0.05) is 26.2 Å². The van der Waals surface area contributed by atoms with E-state index >= 15 is 0 Å².